The maximum Gasteiger partial charge on any atom is 0.0428 e. The van der Waals surface area contributed by atoms with Crippen LogP contribution in [0.2, 0.25) is 0 Å². The Labute approximate surface area is 102 Å². The summed E-state index contributed by atoms with van der Waals surface area (Å²) in [6, 6.07) is 0.812. The van der Waals surface area contributed by atoms with Gasteiger partial charge in [-0.25, -0.2) is 0 Å². The molecule has 0 aromatic rings. The molecule has 0 aromatic carbocycles. The van der Waals surface area contributed by atoms with Gasteiger partial charge in [0.15, 0.2) is 0 Å². The van der Waals surface area contributed by atoms with Crippen molar-refractivity contribution in [2.45, 2.75) is 71.3 Å². The lowest BCUT2D eigenvalue weighted by Gasteiger charge is -2.24. The van der Waals surface area contributed by atoms with Crippen molar-refractivity contribution in [1.82, 2.24) is 5.32 Å². The Morgan fingerprint density at radius 1 is 1.06 bits per heavy atom. The number of aliphatic hydroxyl groups excluding tert-OH is 1. The van der Waals surface area contributed by atoms with E-state index in [2.05, 4.69) is 19.3 Å². The zero-order chi connectivity index (χ0) is 12.2. The van der Waals surface area contributed by atoms with Gasteiger partial charge >= 0.3 is 0 Å². The zero-order valence-corrected chi connectivity index (χ0v) is 11.5. The molecule has 1 saturated carbocycles. The summed E-state index contributed by atoms with van der Waals surface area (Å²) in [5, 5.41) is 11.4. The normalized spacial score (nSPS) is 25.5. The first-order valence-electron chi connectivity index (χ1n) is 7.08. The smallest absolute Gasteiger partial charge is 0.0428 e. The highest BCUT2D eigenvalue weighted by Gasteiger charge is 2.20. The monoisotopic (exact) mass is 229 g/mol. The van der Waals surface area contributed by atoms with Gasteiger partial charge in [0.1, 0.15) is 0 Å². The molecule has 2 atom stereocenters. The summed E-state index contributed by atoms with van der Waals surface area (Å²) in [4.78, 5) is 0. The zero-order valence-electron chi connectivity index (χ0n) is 11.5. The van der Waals surface area contributed by atoms with Crippen LogP contribution < -0.4 is 5.32 Å². The molecular formula is C14H31NO. The van der Waals surface area contributed by atoms with Crippen molar-refractivity contribution in [2.75, 3.05) is 13.7 Å². The Hall–Kier alpha value is -0.0800. The third-order valence-electron chi connectivity index (χ3n) is 3.41. The van der Waals surface area contributed by atoms with Crippen LogP contribution in [0.5, 0.6) is 0 Å². The lowest BCUT2D eigenvalue weighted by atomic mass is 9.91. The van der Waals surface area contributed by atoms with E-state index in [1.54, 1.807) is 0 Å². The number of rotatable bonds is 4. The number of nitrogens with one attached hydrogen (secondary N) is 1. The summed E-state index contributed by atoms with van der Waals surface area (Å²) < 4.78 is 0. The molecule has 2 heteroatoms. The van der Waals surface area contributed by atoms with E-state index in [0.717, 1.165) is 18.4 Å². The molecule has 98 valence electrons. The predicted octanol–water partition coefficient (Wildman–Crippen LogP) is 3.34. The van der Waals surface area contributed by atoms with E-state index in [4.69, 9.17) is 5.11 Å². The lowest BCUT2D eigenvalue weighted by Crippen LogP contribution is -2.32. The Morgan fingerprint density at radius 2 is 1.69 bits per heavy atom. The summed E-state index contributed by atoms with van der Waals surface area (Å²) in [6.07, 6.45) is 10.9. The number of hydrogen-bond donors (Lipinski definition) is 2. The molecule has 16 heavy (non-hydrogen) atoms. The van der Waals surface area contributed by atoms with Gasteiger partial charge in [-0.15, -0.1) is 0 Å². The molecule has 2 unspecified atom stereocenters. The SMILES string of the molecule is CCCC1CCCCCC1NC.CCCO. The summed E-state index contributed by atoms with van der Waals surface area (Å²) in [5.41, 5.74) is 0. The van der Waals surface area contributed by atoms with Crippen molar-refractivity contribution in [3.63, 3.8) is 0 Å². The van der Waals surface area contributed by atoms with E-state index < -0.39 is 0 Å². The topological polar surface area (TPSA) is 32.3 Å². The molecule has 0 aromatic heterocycles. The van der Waals surface area contributed by atoms with Gasteiger partial charge in [0.05, 0.1) is 0 Å². The van der Waals surface area contributed by atoms with Crippen molar-refractivity contribution in [2.24, 2.45) is 5.92 Å². The first kappa shape index (κ1) is 15.9. The fraction of sp³-hybridized carbons (Fsp3) is 1.00. The van der Waals surface area contributed by atoms with Gasteiger partial charge in [-0.1, -0.05) is 39.5 Å². The first-order valence-corrected chi connectivity index (χ1v) is 7.08. The molecule has 0 saturated heterocycles. The highest BCUT2D eigenvalue weighted by atomic mass is 16.2. The predicted molar refractivity (Wildman–Crippen MR) is 71.7 cm³/mol. The Morgan fingerprint density at radius 3 is 2.19 bits per heavy atom. The van der Waals surface area contributed by atoms with Crippen molar-refractivity contribution in [3.05, 3.63) is 0 Å². The summed E-state index contributed by atoms with van der Waals surface area (Å²) in [5.74, 6) is 0.961. The van der Waals surface area contributed by atoms with Gasteiger partial charge in [0.2, 0.25) is 0 Å². The molecule has 0 radical (unpaired) electrons. The number of hydrogen-bond acceptors (Lipinski definition) is 2. The molecule has 2 N–H and O–H groups in total. The standard InChI is InChI=1S/C11H23N.C3H8O/c1-3-7-10-8-5-4-6-9-11(10)12-2;1-2-3-4/h10-12H,3-9H2,1-2H3;4H,2-3H2,1H3. The summed E-state index contributed by atoms with van der Waals surface area (Å²) in [6.45, 7) is 4.55. The van der Waals surface area contributed by atoms with Gasteiger partial charge in [0.25, 0.3) is 0 Å². The Balaban J connectivity index is 0.000000487. The first-order chi connectivity index (χ1) is 7.79. The van der Waals surface area contributed by atoms with Crippen LogP contribution in [0, 0.1) is 5.92 Å². The van der Waals surface area contributed by atoms with Gasteiger partial charge in [0, 0.05) is 12.6 Å². The molecule has 1 aliphatic carbocycles. The van der Waals surface area contributed by atoms with E-state index in [1.165, 1.54) is 44.9 Å². The lowest BCUT2D eigenvalue weighted by molar-refractivity contribution is 0.295. The molecule has 0 amide bonds. The van der Waals surface area contributed by atoms with Gasteiger partial charge in [-0.05, 0) is 38.6 Å². The van der Waals surface area contributed by atoms with Crippen molar-refractivity contribution < 1.29 is 5.11 Å². The molecule has 0 bridgehead atoms. The fourth-order valence-corrected chi connectivity index (χ4v) is 2.48. The third-order valence-corrected chi connectivity index (χ3v) is 3.41. The van der Waals surface area contributed by atoms with Crippen LogP contribution in [-0.2, 0) is 0 Å². The van der Waals surface area contributed by atoms with Crippen molar-refractivity contribution in [1.29, 1.82) is 0 Å². The molecule has 1 aliphatic rings. The van der Waals surface area contributed by atoms with Crippen LogP contribution in [0.3, 0.4) is 0 Å². The van der Waals surface area contributed by atoms with Gasteiger partial charge in [-0.2, -0.15) is 0 Å². The average molecular weight is 229 g/mol. The van der Waals surface area contributed by atoms with Crippen molar-refractivity contribution >= 4 is 0 Å². The minimum absolute atomic E-state index is 0.319. The van der Waals surface area contributed by atoms with Crippen LogP contribution in [0.4, 0.5) is 0 Å². The summed E-state index contributed by atoms with van der Waals surface area (Å²) >= 11 is 0. The largest absolute Gasteiger partial charge is 0.396 e. The minimum atomic E-state index is 0.319. The van der Waals surface area contributed by atoms with Crippen molar-refractivity contribution in [3.8, 4) is 0 Å². The van der Waals surface area contributed by atoms with Crippen LogP contribution in [0.15, 0.2) is 0 Å². The minimum Gasteiger partial charge on any atom is -0.396 e. The van der Waals surface area contributed by atoms with E-state index >= 15 is 0 Å². The van der Waals surface area contributed by atoms with Crippen LogP contribution in [0.1, 0.15) is 65.2 Å². The third kappa shape index (κ3) is 7.24. The molecule has 1 rings (SSSR count). The maximum atomic E-state index is 7.88. The number of aliphatic hydroxyl groups is 1. The Bertz CT molecular complexity index is 137. The molecule has 0 heterocycles. The second-order valence-electron chi connectivity index (χ2n) is 4.81. The van der Waals surface area contributed by atoms with Crippen LogP contribution >= 0.6 is 0 Å². The average Bonchev–Trinajstić information content (AvgIpc) is 2.55. The van der Waals surface area contributed by atoms with Gasteiger partial charge < -0.3 is 10.4 Å². The second kappa shape index (κ2) is 11.4. The highest BCUT2D eigenvalue weighted by Crippen LogP contribution is 2.26. The van der Waals surface area contributed by atoms with E-state index in [0.29, 0.717) is 6.61 Å². The highest BCUT2D eigenvalue weighted by molar-refractivity contribution is 4.77. The Kier molecular flexibility index (Phi) is 11.3. The summed E-state index contributed by atoms with van der Waals surface area (Å²) in [7, 11) is 2.12. The molecule has 0 spiro atoms. The van der Waals surface area contributed by atoms with Gasteiger partial charge in [-0.3, -0.25) is 0 Å². The fourth-order valence-electron chi connectivity index (χ4n) is 2.48. The molecule has 0 aliphatic heterocycles. The van der Waals surface area contributed by atoms with E-state index in [1.807, 2.05) is 6.92 Å². The van der Waals surface area contributed by atoms with E-state index in [-0.39, 0.29) is 0 Å². The molecule has 2 nitrogen and oxygen atoms in total. The molecular weight excluding hydrogens is 198 g/mol. The van der Waals surface area contributed by atoms with Crippen LogP contribution in [0.25, 0.3) is 0 Å². The second-order valence-corrected chi connectivity index (χ2v) is 4.81. The van der Waals surface area contributed by atoms with E-state index in [9.17, 15) is 0 Å². The quantitative estimate of drug-likeness (QED) is 0.725. The molecule has 1 fully saturated rings. The van der Waals surface area contributed by atoms with Crippen LogP contribution in [-0.4, -0.2) is 24.8 Å². The maximum absolute atomic E-state index is 7.88.